The lowest BCUT2D eigenvalue weighted by Crippen LogP contribution is -2.01. The number of ketones is 1. The molecule has 0 saturated heterocycles. The second kappa shape index (κ2) is 5.00. The molecule has 0 radical (unpaired) electrons. The van der Waals surface area contributed by atoms with Crippen molar-refractivity contribution in [3.8, 4) is 0 Å². The standard InChI is InChI=1S/C12H8Cl2OS/c13-9-3-1-2-8(6-9)7-11(15)12-10(14)4-5-16-12/h1-6H,7H2. The van der Waals surface area contributed by atoms with Crippen LogP contribution in [0.1, 0.15) is 15.2 Å². The molecule has 2 aromatic rings. The summed E-state index contributed by atoms with van der Waals surface area (Å²) in [5.74, 6) is 0.0299. The Morgan fingerprint density at radius 1 is 1.25 bits per heavy atom. The van der Waals surface area contributed by atoms with Gasteiger partial charge in [0, 0.05) is 11.4 Å². The van der Waals surface area contributed by atoms with E-state index in [1.807, 2.05) is 17.5 Å². The first-order valence-corrected chi connectivity index (χ1v) is 6.31. The Morgan fingerprint density at radius 2 is 2.06 bits per heavy atom. The van der Waals surface area contributed by atoms with Crippen molar-refractivity contribution in [2.24, 2.45) is 0 Å². The second-order valence-corrected chi connectivity index (χ2v) is 5.09. The van der Waals surface area contributed by atoms with Crippen LogP contribution in [0.5, 0.6) is 0 Å². The van der Waals surface area contributed by atoms with Crippen LogP contribution >= 0.6 is 34.5 Å². The Bertz CT molecular complexity index is 519. The molecule has 82 valence electrons. The van der Waals surface area contributed by atoms with E-state index in [0.29, 0.717) is 21.3 Å². The highest BCUT2D eigenvalue weighted by atomic mass is 35.5. The lowest BCUT2D eigenvalue weighted by Gasteiger charge is -2.00. The summed E-state index contributed by atoms with van der Waals surface area (Å²) in [5.41, 5.74) is 0.905. The van der Waals surface area contributed by atoms with Crippen LogP contribution in [0.15, 0.2) is 35.7 Å². The SMILES string of the molecule is O=C(Cc1cccc(Cl)c1)c1sccc1Cl. The molecule has 0 aliphatic rings. The van der Waals surface area contributed by atoms with Crippen molar-refractivity contribution >= 4 is 40.3 Å². The molecule has 2 rings (SSSR count). The molecular weight excluding hydrogens is 263 g/mol. The van der Waals surface area contributed by atoms with Crippen LogP contribution in [0.4, 0.5) is 0 Å². The topological polar surface area (TPSA) is 17.1 Å². The maximum absolute atomic E-state index is 11.9. The van der Waals surface area contributed by atoms with Gasteiger partial charge >= 0.3 is 0 Å². The van der Waals surface area contributed by atoms with Crippen LogP contribution in [-0.2, 0) is 6.42 Å². The molecule has 0 bridgehead atoms. The van der Waals surface area contributed by atoms with Gasteiger partial charge in [-0.05, 0) is 29.1 Å². The average Bonchev–Trinajstić information content (AvgIpc) is 2.64. The average molecular weight is 271 g/mol. The van der Waals surface area contributed by atoms with Gasteiger partial charge in [-0.3, -0.25) is 4.79 Å². The minimum atomic E-state index is 0.0299. The monoisotopic (exact) mass is 270 g/mol. The molecule has 0 aliphatic heterocycles. The molecule has 0 aliphatic carbocycles. The van der Waals surface area contributed by atoms with Crippen LogP contribution in [0.3, 0.4) is 0 Å². The Kier molecular flexibility index (Phi) is 3.64. The van der Waals surface area contributed by atoms with E-state index in [1.54, 1.807) is 18.2 Å². The zero-order valence-electron chi connectivity index (χ0n) is 8.24. The third-order valence-corrected chi connectivity index (χ3v) is 3.74. The quantitative estimate of drug-likeness (QED) is 0.752. The summed E-state index contributed by atoms with van der Waals surface area (Å²) < 4.78 is 0. The molecular formula is C12H8Cl2OS. The molecule has 0 N–H and O–H groups in total. The van der Waals surface area contributed by atoms with Gasteiger partial charge in [-0.25, -0.2) is 0 Å². The van der Waals surface area contributed by atoms with Gasteiger partial charge in [0.25, 0.3) is 0 Å². The van der Waals surface area contributed by atoms with Crippen LogP contribution in [0, 0.1) is 0 Å². The number of carbonyl (C=O) groups is 1. The molecule has 4 heteroatoms. The van der Waals surface area contributed by atoms with Gasteiger partial charge in [-0.2, -0.15) is 0 Å². The lowest BCUT2D eigenvalue weighted by atomic mass is 10.1. The number of benzene rings is 1. The molecule has 1 aromatic carbocycles. The van der Waals surface area contributed by atoms with Crippen molar-refractivity contribution in [3.63, 3.8) is 0 Å². The highest BCUT2D eigenvalue weighted by Gasteiger charge is 2.12. The zero-order valence-corrected chi connectivity index (χ0v) is 10.6. The minimum Gasteiger partial charge on any atom is -0.293 e. The summed E-state index contributed by atoms with van der Waals surface area (Å²) in [4.78, 5) is 12.5. The van der Waals surface area contributed by atoms with Crippen LogP contribution in [-0.4, -0.2) is 5.78 Å². The predicted molar refractivity (Wildman–Crippen MR) is 68.8 cm³/mol. The van der Waals surface area contributed by atoms with Crippen LogP contribution in [0.25, 0.3) is 0 Å². The van der Waals surface area contributed by atoms with E-state index in [2.05, 4.69) is 0 Å². The fourth-order valence-corrected chi connectivity index (χ4v) is 2.72. The number of Topliss-reactive ketones (excluding diaryl/α,β-unsaturated/α-hetero) is 1. The Hall–Kier alpha value is -0.830. The summed E-state index contributed by atoms with van der Waals surface area (Å²) in [5, 5.41) is 2.98. The van der Waals surface area contributed by atoms with Gasteiger partial charge in [0.1, 0.15) is 0 Å². The van der Waals surface area contributed by atoms with Crippen molar-refractivity contribution in [2.45, 2.75) is 6.42 Å². The number of rotatable bonds is 3. The van der Waals surface area contributed by atoms with E-state index in [0.717, 1.165) is 5.56 Å². The van der Waals surface area contributed by atoms with Gasteiger partial charge in [-0.15, -0.1) is 11.3 Å². The van der Waals surface area contributed by atoms with E-state index in [9.17, 15) is 4.79 Å². The van der Waals surface area contributed by atoms with Gasteiger partial charge in [-0.1, -0.05) is 35.3 Å². The first-order valence-electron chi connectivity index (χ1n) is 4.67. The van der Waals surface area contributed by atoms with Gasteiger partial charge < -0.3 is 0 Å². The Balaban J connectivity index is 2.17. The normalized spacial score (nSPS) is 10.4. The fraction of sp³-hybridized carbons (Fsp3) is 0.0833. The molecule has 1 heterocycles. The van der Waals surface area contributed by atoms with Crippen molar-refractivity contribution in [3.05, 3.63) is 56.2 Å². The number of halogens is 2. The second-order valence-electron chi connectivity index (χ2n) is 3.33. The van der Waals surface area contributed by atoms with Gasteiger partial charge in [0.05, 0.1) is 9.90 Å². The largest absolute Gasteiger partial charge is 0.293 e. The molecule has 1 aromatic heterocycles. The minimum absolute atomic E-state index is 0.0299. The smallest absolute Gasteiger partial charge is 0.178 e. The Labute approximate surface area is 108 Å². The maximum atomic E-state index is 11.9. The van der Waals surface area contributed by atoms with Crippen LogP contribution < -0.4 is 0 Å². The van der Waals surface area contributed by atoms with Crippen molar-refractivity contribution in [1.82, 2.24) is 0 Å². The van der Waals surface area contributed by atoms with Crippen molar-refractivity contribution in [1.29, 1.82) is 0 Å². The molecule has 1 nitrogen and oxygen atoms in total. The maximum Gasteiger partial charge on any atom is 0.178 e. The molecule has 0 atom stereocenters. The summed E-state index contributed by atoms with van der Waals surface area (Å²) in [6.07, 6.45) is 0.334. The first kappa shape index (κ1) is 11.6. The summed E-state index contributed by atoms with van der Waals surface area (Å²) >= 11 is 13.1. The number of hydrogen-bond donors (Lipinski definition) is 0. The van der Waals surface area contributed by atoms with E-state index in [-0.39, 0.29) is 5.78 Å². The predicted octanol–water partition coefficient (Wildman–Crippen LogP) is 4.48. The third-order valence-electron chi connectivity index (χ3n) is 2.12. The third kappa shape index (κ3) is 2.64. The number of carbonyl (C=O) groups excluding carboxylic acids is 1. The molecule has 0 fully saturated rings. The molecule has 0 spiro atoms. The summed E-state index contributed by atoms with van der Waals surface area (Å²) in [6.45, 7) is 0. The first-order chi connectivity index (χ1) is 7.66. The van der Waals surface area contributed by atoms with E-state index >= 15 is 0 Å². The van der Waals surface area contributed by atoms with E-state index < -0.39 is 0 Å². The van der Waals surface area contributed by atoms with Crippen molar-refractivity contribution in [2.75, 3.05) is 0 Å². The van der Waals surface area contributed by atoms with Crippen molar-refractivity contribution < 1.29 is 4.79 Å². The lowest BCUT2D eigenvalue weighted by molar-refractivity contribution is 0.0997. The zero-order chi connectivity index (χ0) is 11.5. The molecule has 0 unspecified atom stereocenters. The molecule has 0 amide bonds. The number of hydrogen-bond acceptors (Lipinski definition) is 2. The molecule has 16 heavy (non-hydrogen) atoms. The highest BCUT2D eigenvalue weighted by molar-refractivity contribution is 7.12. The fourth-order valence-electron chi connectivity index (χ4n) is 1.41. The van der Waals surface area contributed by atoms with Gasteiger partial charge in [0.2, 0.25) is 0 Å². The van der Waals surface area contributed by atoms with E-state index in [4.69, 9.17) is 23.2 Å². The number of thiophene rings is 1. The summed E-state index contributed by atoms with van der Waals surface area (Å²) in [6, 6.07) is 9.03. The summed E-state index contributed by atoms with van der Waals surface area (Å²) in [7, 11) is 0. The molecule has 0 saturated carbocycles. The highest BCUT2D eigenvalue weighted by Crippen LogP contribution is 2.24. The Morgan fingerprint density at radius 3 is 2.69 bits per heavy atom. The van der Waals surface area contributed by atoms with Crippen LogP contribution in [0.2, 0.25) is 10.0 Å². The van der Waals surface area contributed by atoms with E-state index in [1.165, 1.54) is 11.3 Å². The van der Waals surface area contributed by atoms with Gasteiger partial charge in [0.15, 0.2) is 5.78 Å².